The average molecular weight is 246 g/mol. The first-order valence-electron chi connectivity index (χ1n) is 6.23. The van der Waals surface area contributed by atoms with Gasteiger partial charge in [-0.2, -0.15) is 4.31 Å². The van der Waals surface area contributed by atoms with Gasteiger partial charge < -0.3 is 5.32 Å². The van der Waals surface area contributed by atoms with Crippen molar-refractivity contribution in [2.75, 3.05) is 18.8 Å². The summed E-state index contributed by atoms with van der Waals surface area (Å²) in [5.74, 6) is 0.598. The molecule has 0 radical (unpaired) electrons. The Morgan fingerprint density at radius 2 is 2.12 bits per heavy atom. The molecule has 1 N–H and O–H groups in total. The molecule has 4 nitrogen and oxygen atoms in total. The zero-order valence-corrected chi connectivity index (χ0v) is 11.0. The first-order valence-corrected chi connectivity index (χ1v) is 7.84. The third-order valence-electron chi connectivity index (χ3n) is 3.73. The molecule has 0 bridgehead atoms. The molecule has 3 atom stereocenters. The molecule has 0 spiro atoms. The van der Waals surface area contributed by atoms with E-state index in [1.807, 2.05) is 13.8 Å². The van der Waals surface area contributed by atoms with E-state index in [1.165, 1.54) is 12.8 Å². The smallest absolute Gasteiger partial charge is 0.214 e. The van der Waals surface area contributed by atoms with Gasteiger partial charge in [-0.15, -0.1) is 0 Å². The summed E-state index contributed by atoms with van der Waals surface area (Å²) in [5, 5.41) is 3.44. The fourth-order valence-corrected chi connectivity index (χ4v) is 4.99. The lowest BCUT2D eigenvalue weighted by Crippen LogP contribution is -2.50. The van der Waals surface area contributed by atoms with Crippen molar-refractivity contribution >= 4 is 10.0 Å². The van der Waals surface area contributed by atoms with Gasteiger partial charge in [-0.1, -0.05) is 13.3 Å². The molecular formula is C11H22N2O2S. The van der Waals surface area contributed by atoms with E-state index in [4.69, 9.17) is 0 Å². The average Bonchev–Trinajstić information content (AvgIpc) is 2.52. The Morgan fingerprint density at radius 1 is 1.38 bits per heavy atom. The van der Waals surface area contributed by atoms with Gasteiger partial charge in [-0.05, 0) is 32.2 Å². The number of hydrogen-bond donors (Lipinski definition) is 1. The molecule has 0 aromatic carbocycles. The van der Waals surface area contributed by atoms with E-state index in [2.05, 4.69) is 5.32 Å². The van der Waals surface area contributed by atoms with E-state index in [0.717, 1.165) is 13.0 Å². The van der Waals surface area contributed by atoms with Crippen LogP contribution < -0.4 is 5.32 Å². The van der Waals surface area contributed by atoms with Crippen molar-refractivity contribution in [3.63, 3.8) is 0 Å². The van der Waals surface area contributed by atoms with Crippen molar-refractivity contribution in [2.45, 2.75) is 45.2 Å². The molecule has 0 amide bonds. The molecule has 0 aliphatic carbocycles. The summed E-state index contributed by atoms with van der Waals surface area (Å²) in [5.41, 5.74) is 0. The van der Waals surface area contributed by atoms with Gasteiger partial charge in [0.25, 0.3) is 0 Å². The van der Waals surface area contributed by atoms with Gasteiger partial charge in [0.2, 0.25) is 10.0 Å². The van der Waals surface area contributed by atoms with Gasteiger partial charge in [0, 0.05) is 18.6 Å². The highest BCUT2D eigenvalue weighted by Gasteiger charge is 2.39. The highest BCUT2D eigenvalue weighted by atomic mass is 32.2. The fourth-order valence-electron chi connectivity index (χ4n) is 2.84. The maximum Gasteiger partial charge on any atom is 0.214 e. The number of piperidine rings is 1. The maximum absolute atomic E-state index is 12.0. The summed E-state index contributed by atoms with van der Waals surface area (Å²) in [6.45, 7) is 5.78. The maximum atomic E-state index is 12.0. The molecule has 94 valence electrons. The largest absolute Gasteiger partial charge is 0.312 e. The zero-order valence-electron chi connectivity index (χ0n) is 10.1. The molecule has 2 aliphatic heterocycles. The van der Waals surface area contributed by atoms with E-state index in [9.17, 15) is 8.42 Å². The Morgan fingerprint density at radius 3 is 2.62 bits per heavy atom. The minimum absolute atomic E-state index is 0.107. The fraction of sp³-hybridized carbons (Fsp3) is 1.00. The van der Waals surface area contributed by atoms with Gasteiger partial charge in [0.1, 0.15) is 0 Å². The molecule has 2 fully saturated rings. The predicted octanol–water partition coefficient (Wildman–Crippen LogP) is 0.798. The van der Waals surface area contributed by atoms with E-state index in [-0.39, 0.29) is 12.0 Å². The Kier molecular flexibility index (Phi) is 3.56. The topological polar surface area (TPSA) is 49.4 Å². The van der Waals surface area contributed by atoms with Crippen LogP contribution in [-0.4, -0.2) is 43.6 Å². The van der Waals surface area contributed by atoms with Crippen molar-refractivity contribution in [2.24, 2.45) is 5.92 Å². The van der Waals surface area contributed by atoms with Crippen molar-refractivity contribution in [1.29, 1.82) is 0 Å². The van der Waals surface area contributed by atoms with Crippen molar-refractivity contribution in [1.82, 2.24) is 9.62 Å². The van der Waals surface area contributed by atoms with Crippen LogP contribution in [0.1, 0.15) is 33.1 Å². The monoisotopic (exact) mass is 246 g/mol. The van der Waals surface area contributed by atoms with Crippen LogP contribution in [0.5, 0.6) is 0 Å². The van der Waals surface area contributed by atoms with Crippen molar-refractivity contribution in [3.05, 3.63) is 0 Å². The van der Waals surface area contributed by atoms with Gasteiger partial charge in [0.15, 0.2) is 0 Å². The van der Waals surface area contributed by atoms with Gasteiger partial charge in [-0.25, -0.2) is 8.42 Å². The third kappa shape index (κ3) is 2.41. The molecule has 2 aliphatic rings. The van der Waals surface area contributed by atoms with Gasteiger partial charge in [0.05, 0.1) is 5.75 Å². The summed E-state index contributed by atoms with van der Waals surface area (Å²) < 4.78 is 25.6. The standard InChI is InChI=1S/C11H22N2O2S/c1-9-7-13(16(14,15)8-9)10(2)11-5-3-4-6-12-11/h9-12H,3-8H2,1-2H3. The second-order valence-corrected chi connectivity index (χ2v) is 7.22. The summed E-state index contributed by atoms with van der Waals surface area (Å²) in [7, 11) is -2.99. The highest BCUT2D eigenvalue weighted by Crippen LogP contribution is 2.25. The van der Waals surface area contributed by atoms with Crippen LogP contribution in [0, 0.1) is 5.92 Å². The Bertz CT molecular complexity index is 336. The SMILES string of the molecule is CC1CN(C(C)C2CCCCN2)S(=O)(=O)C1. The van der Waals surface area contributed by atoms with E-state index in [0.29, 0.717) is 18.3 Å². The highest BCUT2D eigenvalue weighted by molar-refractivity contribution is 7.89. The van der Waals surface area contributed by atoms with Crippen LogP contribution in [0.25, 0.3) is 0 Å². The lowest BCUT2D eigenvalue weighted by molar-refractivity contribution is 0.241. The van der Waals surface area contributed by atoms with Gasteiger partial charge >= 0.3 is 0 Å². The zero-order chi connectivity index (χ0) is 11.8. The quantitative estimate of drug-likeness (QED) is 0.784. The van der Waals surface area contributed by atoms with Crippen LogP contribution in [0.15, 0.2) is 0 Å². The third-order valence-corrected chi connectivity index (χ3v) is 5.92. The van der Waals surface area contributed by atoms with E-state index in [1.54, 1.807) is 4.31 Å². The summed E-state index contributed by atoms with van der Waals surface area (Å²) in [6, 6.07) is 0.448. The molecule has 3 unspecified atom stereocenters. The van der Waals surface area contributed by atoms with Crippen molar-refractivity contribution < 1.29 is 8.42 Å². The van der Waals surface area contributed by atoms with Crippen LogP contribution in [0.4, 0.5) is 0 Å². The van der Waals surface area contributed by atoms with Crippen LogP contribution in [0.2, 0.25) is 0 Å². The molecule has 2 heterocycles. The Labute approximate surface area is 98.4 Å². The Hall–Kier alpha value is -0.130. The molecule has 0 aromatic rings. The summed E-state index contributed by atoms with van der Waals surface area (Å²) in [6.07, 6.45) is 3.53. The predicted molar refractivity (Wildman–Crippen MR) is 64.8 cm³/mol. The second kappa shape index (κ2) is 4.63. The lowest BCUT2D eigenvalue weighted by Gasteiger charge is -2.34. The lowest BCUT2D eigenvalue weighted by atomic mass is 9.99. The summed E-state index contributed by atoms with van der Waals surface area (Å²) >= 11 is 0. The number of nitrogens with one attached hydrogen (secondary N) is 1. The molecule has 0 aromatic heterocycles. The van der Waals surface area contributed by atoms with Gasteiger partial charge in [-0.3, -0.25) is 0 Å². The molecule has 0 saturated carbocycles. The molecule has 2 rings (SSSR count). The number of sulfonamides is 1. The van der Waals surface area contributed by atoms with Crippen LogP contribution in [-0.2, 0) is 10.0 Å². The number of nitrogens with zero attached hydrogens (tertiary/aromatic N) is 1. The van der Waals surface area contributed by atoms with E-state index < -0.39 is 10.0 Å². The Balaban J connectivity index is 2.06. The second-order valence-electron chi connectivity index (χ2n) is 5.25. The summed E-state index contributed by atoms with van der Waals surface area (Å²) in [4.78, 5) is 0. The molecule has 16 heavy (non-hydrogen) atoms. The van der Waals surface area contributed by atoms with Crippen LogP contribution >= 0.6 is 0 Å². The normalized spacial score (nSPS) is 37.4. The first kappa shape index (κ1) is 12.3. The minimum atomic E-state index is -2.99. The molecular weight excluding hydrogens is 224 g/mol. The first-order chi connectivity index (χ1) is 7.50. The number of hydrogen-bond acceptors (Lipinski definition) is 3. The molecule has 2 saturated heterocycles. The minimum Gasteiger partial charge on any atom is -0.312 e. The number of rotatable bonds is 2. The molecule has 5 heteroatoms. The van der Waals surface area contributed by atoms with E-state index >= 15 is 0 Å². The van der Waals surface area contributed by atoms with Crippen molar-refractivity contribution in [3.8, 4) is 0 Å². The van der Waals surface area contributed by atoms with Crippen LogP contribution in [0.3, 0.4) is 0 Å².